The molecule has 1 saturated heterocycles. The van der Waals surface area contributed by atoms with E-state index in [2.05, 4.69) is 0 Å². The molecule has 3 N–H and O–H groups in total. The minimum Gasteiger partial charge on any atom is -0.477 e. The first-order valence-electron chi connectivity index (χ1n) is 4.51. The molecule has 0 aromatic carbocycles. The lowest BCUT2D eigenvalue weighted by molar-refractivity contribution is -0.161. The van der Waals surface area contributed by atoms with Crippen molar-refractivity contribution >= 4 is 11.9 Å². The van der Waals surface area contributed by atoms with E-state index >= 15 is 0 Å². The Kier molecular flexibility index (Phi) is 1.69. The van der Waals surface area contributed by atoms with Crippen molar-refractivity contribution in [3.8, 4) is 0 Å². The van der Waals surface area contributed by atoms with E-state index in [0.29, 0.717) is 6.42 Å². The van der Waals surface area contributed by atoms with Crippen LogP contribution in [0.4, 0.5) is 0 Å². The number of β-lactam (4-membered cyclic amide) rings is 1. The summed E-state index contributed by atoms with van der Waals surface area (Å²) in [6.07, 6.45) is 2.97. The van der Waals surface area contributed by atoms with E-state index in [1.54, 1.807) is 6.08 Å². The third-order valence-corrected chi connectivity index (χ3v) is 3.12. The Morgan fingerprint density at radius 1 is 1.79 bits per heavy atom. The van der Waals surface area contributed by atoms with E-state index in [-0.39, 0.29) is 11.6 Å². The third kappa shape index (κ3) is 0.874. The number of amides is 1. The van der Waals surface area contributed by atoms with Gasteiger partial charge >= 0.3 is 5.97 Å². The Labute approximate surface area is 81.2 Å². The van der Waals surface area contributed by atoms with Crippen LogP contribution in [0.25, 0.3) is 0 Å². The van der Waals surface area contributed by atoms with Crippen molar-refractivity contribution in [1.82, 2.24) is 4.90 Å². The number of nitrogens with two attached hydrogens (primary N) is 1. The van der Waals surface area contributed by atoms with Crippen molar-refractivity contribution < 1.29 is 14.7 Å². The highest BCUT2D eigenvalue weighted by Gasteiger charge is 2.58. The van der Waals surface area contributed by atoms with Crippen LogP contribution in [0.1, 0.15) is 19.8 Å². The van der Waals surface area contributed by atoms with Gasteiger partial charge in [-0.05, 0) is 19.8 Å². The summed E-state index contributed by atoms with van der Waals surface area (Å²) in [7, 11) is 0. The average molecular weight is 196 g/mol. The van der Waals surface area contributed by atoms with Crippen molar-refractivity contribution in [2.75, 3.05) is 0 Å². The van der Waals surface area contributed by atoms with Crippen LogP contribution in [-0.2, 0) is 9.59 Å². The summed E-state index contributed by atoms with van der Waals surface area (Å²) in [6, 6.07) is -0.550. The molecule has 0 aromatic rings. The number of fused-ring (bicyclic) bond motifs is 1. The SMILES string of the molecule is C[C@]12CCC=C(C(=O)O)N1C(=O)[C@H]2N. The zero-order valence-corrected chi connectivity index (χ0v) is 7.86. The second-order valence-corrected chi connectivity index (χ2v) is 3.94. The molecule has 2 rings (SSSR count). The van der Waals surface area contributed by atoms with Gasteiger partial charge in [-0.3, -0.25) is 9.69 Å². The van der Waals surface area contributed by atoms with Gasteiger partial charge in [0.25, 0.3) is 0 Å². The maximum Gasteiger partial charge on any atom is 0.352 e. The lowest BCUT2D eigenvalue weighted by Crippen LogP contribution is -2.76. The molecule has 2 atom stereocenters. The monoisotopic (exact) mass is 196 g/mol. The summed E-state index contributed by atoms with van der Waals surface area (Å²) < 4.78 is 0. The molecule has 76 valence electrons. The van der Waals surface area contributed by atoms with Gasteiger partial charge in [0.1, 0.15) is 11.7 Å². The number of carbonyl (C=O) groups is 2. The number of hydrogen-bond donors (Lipinski definition) is 2. The first kappa shape index (κ1) is 9.21. The molecule has 14 heavy (non-hydrogen) atoms. The second-order valence-electron chi connectivity index (χ2n) is 3.94. The Morgan fingerprint density at radius 3 is 3.00 bits per heavy atom. The predicted octanol–water partition coefficient (Wildman–Crippen LogP) is -0.323. The van der Waals surface area contributed by atoms with E-state index in [0.717, 1.165) is 6.42 Å². The van der Waals surface area contributed by atoms with Crippen molar-refractivity contribution in [2.24, 2.45) is 5.73 Å². The first-order chi connectivity index (χ1) is 6.48. The first-order valence-corrected chi connectivity index (χ1v) is 4.51. The molecule has 1 amide bonds. The van der Waals surface area contributed by atoms with Gasteiger partial charge in [-0.15, -0.1) is 0 Å². The largest absolute Gasteiger partial charge is 0.477 e. The van der Waals surface area contributed by atoms with E-state index in [4.69, 9.17) is 10.8 Å². The van der Waals surface area contributed by atoms with Crippen molar-refractivity contribution in [3.05, 3.63) is 11.8 Å². The van der Waals surface area contributed by atoms with Crippen LogP contribution in [0, 0.1) is 0 Å². The fourth-order valence-corrected chi connectivity index (χ4v) is 2.17. The minimum absolute atomic E-state index is 0.0745. The van der Waals surface area contributed by atoms with E-state index < -0.39 is 17.6 Å². The number of rotatable bonds is 1. The van der Waals surface area contributed by atoms with Crippen LogP contribution in [-0.4, -0.2) is 33.5 Å². The average Bonchev–Trinajstić information content (AvgIpc) is 2.15. The lowest BCUT2D eigenvalue weighted by Gasteiger charge is -2.56. The van der Waals surface area contributed by atoms with Crippen LogP contribution < -0.4 is 5.73 Å². The number of aliphatic carboxylic acids is 1. The van der Waals surface area contributed by atoms with Gasteiger partial charge in [0.2, 0.25) is 5.91 Å². The molecule has 5 nitrogen and oxygen atoms in total. The molecule has 1 fully saturated rings. The molecule has 0 unspecified atom stereocenters. The highest BCUT2D eigenvalue weighted by Crippen LogP contribution is 2.41. The summed E-state index contributed by atoms with van der Waals surface area (Å²) in [5, 5.41) is 8.88. The van der Waals surface area contributed by atoms with E-state index in [9.17, 15) is 9.59 Å². The number of hydrogen-bond acceptors (Lipinski definition) is 3. The number of allylic oxidation sites excluding steroid dienone is 1. The summed E-state index contributed by atoms with van der Waals surface area (Å²) in [5.74, 6) is -1.35. The molecule has 0 bridgehead atoms. The summed E-state index contributed by atoms with van der Waals surface area (Å²) >= 11 is 0. The molecule has 0 aromatic heterocycles. The standard InChI is InChI=1S/C9H12N2O3/c1-9-4-2-3-5(8(13)14)11(9)7(12)6(9)10/h3,6H,2,4,10H2,1H3,(H,13,14)/t6-,9-/m1/s1. The topological polar surface area (TPSA) is 83.6 Å². The number of carboxylic acid groups (broad SMARTS) is 1. The molecular formula is C9H12N2O3. The van der Waals surface area contributed by atoms with Crippen molar-refractivity contribution in [3.63, 3.8) is 0 Å². The van der Waals surface area contributed by atoms with Crippen LogP contribution in [0.2, 0.25) is 0 Å². The number of carbonyl (C=O) groups excluding carboxylic acids is 1. The Hall–Kier alpha value is -1.36. The van der Waals surface area contributed by atoms with Gasteiger partial charge in [-0.2, -0.15) is 0 Å². The maximum atomic E-state index is 11.4. The van der Waals surface area contributed by atoms with Crippen LogP contribution in [0.3, 0.4) is 0 Å². The van der Waals surface area contributed by atoms with Crippen LogP contribution in [0.5, 0.6) is 0 Å². The Bertz CT molecular complexity index is 350. The normalized spacial score (nSPS) is 35.9. The molecule has 2 aliphatic rings. The van der Waals surface area contributed by atoms with Gasteiger partial charge < -0.3 is 10.8 Å². The van der Waals surface area contributed by atoms with Gasteiger partial charge in [-0.1, -0.05) is 6.08 Å². The predicted molar refractivity (Wildman–Crippen MR) is 48.2 cm³/mol. The Balaban J connectivity index is 2.38. The van der Waals surface area contributed by atoms with Gasteiger partial charge in [-0.25, -0.2) is 4.79 Å². The van der Waals surface area contributed by atoms with Crippen LogP contribution in [0.15, 0.2) is 11.8 Å². The fourth-order valence-electron chi connectivity index (χ4n) is 2.17. The second kappa shape index (κ2) is 2.57. The quantitative estimate of drug-likeness (QED) is 0.563. The van der Waals surface area contributed by atoms with E-state index in [1.165, 1.54) is 4.90 Å². The lowest BCUT2D eigenvalue weighted by atomic mass is 9.74. The van der Waals surface area contributed by atoms with Crippen LogP contribution >= 0.6 is 0 Å². The van der Waals surface area contributed by atoms with E-state index in [1.807, 2.05) is 6.92 Å². The number of carboxylic acids is 1. The molecule has 0 spiro atoms. The minimum atomic E-state index is -1.06. The molecule has 0 radical (unpaired) electrons. The smallest absolute Gasteiger partial charge is 0.352 e. The summed E-state index contributed by atoms with van der Waals surface area (Å²) in [6.45, 7) is 1.83. The molecule has 5 heteroatoms. The highest BCUT2D eigenvalue weighted by molar-refractivity contribution is 6.00. The zero-order valence-electron chi connectivity index (χ0n) is 7.86. The van der Waals surface area contributed by atoms with Crippen molar-refractivity contribution in [2.45, 2.75) is 31.3 Å². The zero-order chi connectivity index (χ0) is 10.5. The maximum absolute atomic E-state index is 11.4. The fraction of sp³-hybridized carbons (Fsp3) is 0.556. The third-order valence-electron chi connectivity index (χ3n) is 3.12. The molecule has 0 saturated carbocycles. The summed E-state index contributed by atoms with van der Waals surface area (Å²) in [5.41, 5.74) is 5.25. The summed E-state index contributed by atoms with van der Waals surface area (Å²) in [4.78, 5) is 23.6. The van der Waals surface area contributed by atoms with Crippen molar-refractivity contribution in [1.29, 1.82) is 0 Å². The number of nitrogens with zero attached hydrogens (tertiary/aromatic N) is 1. The van der Waals surface area contributed by atoms with Gasteiger partial charge in [0.15, 0.2) is 0 Å². The van der Waals surface area contributed by atoms with Gasteiger partial charge in [0.05, 0.1) is 5.54 Å². The molecule has 2 heterocycles. The molecule has 0 aliphatic carbocycles. The highest BCUT2D eigenvalue weighted by atomic mass is 16.4. The Morgan fingerprint density at radius 2 is 2.43 bits per heavy atom. The van der Waals surface area contributed by atoms with Gasteiger partial charge in [0, 0.05) is 0 Å². The molecule has 2 aliphatic heterocycles. The molecular weight excluding hydrogens is 184 g/mol.